The first-order valence-corrected chi connectivity index (χ1v) is 5.38. The average molecular weight is 231 g/mol. The van der Waals surface area contributed by atoms with E-state index in [-0.39, 0.29) is 0 Å². The predicted molar refractivity (Wildman–Crippen MR) is 64.0 cm³/mol. The molecule has 16 heavy (non-hydrogen) atoms. The van der Waals surface area contributed by atoms with Crippen LogP contribution in [-0.4, -0.2) is 35.3 Å². The molecule has 0 unspecified atom stereocenters. The van der Waals surface area contributed by atoms with Crippen LogP contribution in [0.3, 0.4) is 0 Å². The second kappa shape index (κ2) is 4.24. The lowest BCUT2D eigenvalue weighted by molar-refractivity contribution is 0.643. The number of fused-ring (bicyclic) bond motifs is 1. The molecule has 0 spiro atoms. The second-order valence-electron chi connectivity index (χ2n) is 3.31. The Labute approximate surface area is 96.7 Å². The van der Waals surface area contributed by atoms with Gasteiger partial charge >= 0.3 is 0 Å². The van der Waals surface area contributed by atoms with Gasteiger partial charge in [0.15, 0.2) is 0 Å². The summed E-state index contributed by atoms with van der Waals surface area (Å²) in [6.07, 6.45) is 4.86. The number of nitriles is 1. The molecule has 0 aliphatic rings. The highest BCUT2D eigenvalue weighted by molar-refractivity contribution is 7.19. The molecular weight excluding hydrogens is 222 g/mol. The summed E-state index contributed by atoms with van der Waals surface area (Å²) in [6, 6.07) is 2.11. The minimum Gasteiger partial charge on any atom is -0.369 e. The minimum absolute atomic E-state index is 0.541. The van der Waals surface area contributed by atoms with E-state index in [9.17, 15) is 0 Å². The van der Waals surface area contributed by atoms with Gasteiger partial charge in [-0.25, -0.2) is 15.0 Å². The number of hydrogen-bond donors (Lipinski definition) is 0. The van der Waals surface area contributed by atoms with E-state index in [0.29, 0.717) is 16.1 Å². The fraction of sp³-hybridized carbons (Fsp3) is 0.200. The summed E-state index contributed by atoms with van der Waals surface area (Å²) in [4.78, 5) is 15.7. The van der Waals surface area contributed by atoms with E-state index in [1.54, 1.807) is 23.6 Å². The maximum absolute atomic E-state index is 9.00. The van der Waals surface area contributed by atoms with Crippen LogP contribution in [0.15, 0.2) is 17.4 Å². The molecule has 2 aromatic heterocycles. The maximum atomic E-state index is 9.00. The smallest absolute Gasteiger partial charge is 0.145 e. The Morgan fingerprint density at radius 1 is 1.44 bits per heavy atom. The van der Waals surface area contributed by atoms with Crippen LogP contribution < -0.4 is 0 Å². The summed E-state index contributed by atoms with van der Waals surface area (Å²) in [5, 5.41) is 9.00. The zero-order chi connectivity index (χ0) is 11.5. The number of aliphatic imine (C=N–C) groups is 1. The first-order chi connectivity index (χ1) is 7.72. The molecule has 0 fully saturated rings. The van der Waals surface area contributed by atoms with Crippen molar-refractivity contribution in [2.45, 2.75) is 0 Å². The van der Waals surface area contributed by atoms with E-state index < -0.39 is 0 Å². The lowest BCUT2D eigenvalue weighted by Crippen LogP contribution is -2.07. The molecule has 2 rings (SSSR count). The van der Waals surface area contributed by atoms with Crippen LogP contribution in [-0.2, 0) is 0 Å². The molecule has 6 heteroatoms. The lowest BCUT2D eigenvalue weighted by atomic mass is 10.4. The predicted octanol–water partition coefficient (Wildman–Crippen LogP) is 1.78. The van der Waals surface area contributed by atoms with E-state index in [1.807, 2.05) is 14.1 Å². The van der Waals surface area contributed by atoms with Crippen molar-refractivity contribution in [3.63, 3.8) is 0 Å². The maximum Gasteiger partial charge on any atom is 0.145 e. The van der Waals surface area contributed by atoms with Gasteiger partial charge in [-0.1, -0.05) is 0 Å². The first-order valence-electron chi connectivity index (χ1n) is 4.56. The molecule has 0 saturated carbocycles. The fourth-order valence-electron chi connectivity index (χ4n) is 1.18. The van der Waals surface area contributed by atoms with Crippen LogP contribution in [0.4, 0.5) is 5.69 Å². The van der Waals surface area contributed by atoms with Crippen molar-refractivity contribution in [3.8, 4) is 6.07 Å². The number of aromatic nitrogens is 2. The van der Waals surface area contributed by atoms with Gasteiger partial charge in [-0.15, -0.1) is 11.3 Å². The monoisotopic (exact) mass is 231 g/mol. The van der Waals surface area contributed by atoms with E-state index in [0.717, 1.165) is 4.83 Å². The van der Waals surface area contributed by atoms with Crippen LogP contribution in [0.2, 0.25) is 0 Å². The minimum atomic E-state index is 0.541. The second-order valence-corrected chi connectivity index (χ2v) is 4.31. The van der Waals surface area contributed by atoms with Gasteiger partial charge in [-0.3, -0.25) is 0 Å². The van der Waals surface area contributed by atoms with Gasteiger partial charge in [0.2, 0.25) is 0 Å². The first kappa shape index (κ1) is 10.5. The zero-order valence-electron chi connectivity index (χ0n) is 8.88. The fourth-order valence-corrected chi connectivity index (χ4v) is 2.03. The van der Waals surface area contributed by atoms with Crippen molar-refractivity contribution in [3.05, 3.63) is 17.3 Å². The summed E-state index contributed by atoms with van der Waals surface area (Å²) in [5.74, 6) is 0. The van der Waals surface area contributed by atoms with Gasteiger partial charge in [-0.2, -0.15) is 5.26 Å². The van der Waals surface area contributed by atoms with Crippen molar-refractivity contribution < 1.29 is 0 Å². The molecule has 0 radical (unpaired) electrons. The van der Waals surface area contributed by atoms with Crippen molar-refractivity contribution in [2.24, 2.45) is 4.99 Å². The van der Waals surface area contributed by atoms with Crippen LogP contribution in [0.25, 0.3) is 10.3 Å². The van der Waals surface area contributed by atoms with Crippen LogP contribution in [0.1, 0.15) is 4.88 Å². The number of rotatable bonds is 2. The Hall–Kier alpha value is -2.00. The summed E-state index contributed by atoms with van der Waals surface area (Å²) >= 11 is 1.31. The largest absolute Gasteiger partial charge is 0.369 e. The number of nitrogens with zero attached hydrogens (tertiary/aromatic N) is 5. The van der Waals surface area contributed by atoms with Gasteiger partial charge in [-0.05, 0) is 0 Å². The van der Waals surface area contributed by atoms with Gasteiger partial charge in [0, 0.05) is 26.5 Å². The lowest BCUT2D eigenvalue weighted by Gasteiger charge is -2.01. The van der Waals surface area contributed by atoms with Crippen molar-refractivity contribution >= 4 is 33.7 Å². The molecular formula is C10H9N5S. The van der Waals surface area contributed by atoms with Crippen molar-refractivity contribution in [2.75, 3.05) is 14.1 Å². The van der Waals surface area contributed by atoms with E-state index in [2.05, 4.69) is 21.0 Å². The molecule has 0 aliphatic heterocycles. The van der Waals surface area contributed by atoms with E-state index in [4.69, 9.17) is 5.26 Å². The molecule has 0 aromatic carbocycles. The topological polar surface area (TPSA) is 65.2 Å². The number of hydrogen-bond acceptors (Lipinski definition) is 5. The highest BCUT2D eigenvalue weighted by Crippen LogP contribution is 2.34. The summed E-state index contributed by atoms with van der Waals surface area (Å²) in [5.41, 5.74) is 1.28. The molecule has 0 saturated heterocycles. The quantitative estimate of drug-likeness (QED) is 0.583. The third-order valence-electron chi connectivity index (χ3n) is 1.82. The summed E-state index contributed by atoms with van der Waals surface area (Å²) in [7, 11) is 3.74. The summed E-state index contributed by atoms with van der Waals surface area (Å²) in [6.45, 7) is 0. The molecule has 0 atom stereocenters. The SMILES string of the molecule is CN(C)C=Nc1c(C#N)sc2nccnc12. The molecule has 2 heterocycles. The average Bonchev–Trinajstić information content (AvgIpc) is 2.64. The van der Waals surface area contributed by atoms with Gasteiger partial charge in [0.05, 0.1) is 6.34 Å². The Morgan fingerprint density at radius 3 is 2.88 bits per heavy atom. The standard InChI is InChI=1S/C10H9N5S/c1-15(2)6-14-8-7(5-11)16-10-9(8)12-3-4-13-10/h3-4,6H,1-2H3. The number of thiophene rings is 1. The van der Waals surface area contributed by atoms with Crippen LogP contribution in [0.5, 0.6) is 0 Å². The van der Waals surface area contributed by atoms with Gasteiger partial charge in [0.25, 0.3) is 0 Å². The normalized spacial score (nSPS) is 10.8. The van der Waals surface area contributed by atoms with Gasteiger partial charge in [0.1, 0.15) is 27.0 Å². The molecule has 5 nitrogen and oxygen atoms in total. The molecule has 2 aromatic rings. The highest BCUT2D eigenvalue weighted by atomic mass is 32.1. The van der Waals surface area contributed by atoms with Gasteiger partial charge < -0.3 is 4.90 Å². The molecule has 0 bridgehead atoms. The van der Waals surface area contributed by atoms with E-state index >= 15 is 0 Å². The third kappa shape index (κ3) is 1.85. The highest BCUT2D eigenvalue weighted by Gasteiger charge is 2.12. The van der Waals surface area contributed by atoms with Crippen LogP contribution in [0, 0.1) is 11.3 Å². The Morgan fingerprint density at radius 2 is 2.19 bits per heavy atom. The molecule has 80 valence electrons. The van der Waals surface area contributed by atoms with Crippen molar-refractivity contribution in [1.29, 1.82) is 5.26 Å². The Balaban J connectivity index is 2.61. The Kier molecular flexibility index (Phi) is 2.79. The Bertz CT molecular complexity index is 578. The van der Waals surface area contributed by atoms with Crippen LogP contribution >= 0.6 is 11.3 Å². The molecule has 0 N–H and O–H groups in total. The zero-order valence-corrected chi connectivity index (χ0v) is 9.69. The van der Waals surface area contributed by atoms with E-state index in [1.165, 1.54) is 11.3 Å². The van der Waals surface area contributed by atoms with Crippen molar-refractivity contribution in [1.82, 2.24) is 14.9 Å². The molecule has 0 aliphatic carbocycles. The summed E-state index contributed by atoms with van der Waals surface area (Å²) < 4.78 is 0. The molecule has 0 amide bonds. The third-order valence-corrected chi connectivity index (χ3v) is 2.80.